The van der Waals surface area contributed by atoms with E-state index >= 15 is 0 Å². The van der Waals surface area contributed by atoms with Crippen LogP contribution in [0, 0.1) is 13.8 Å². The van der Waals surface area contributed by atoms with Crippen LogP contribution in [0.5, 0.6) is 17.2 Å². The lowest BCUT2D eigenvalue weighted by atomic mass is 10.1. The smallest absolute Gasteiger partial charge is 0.425 e. The van der Waals surface area contributed by atoms with E-state index < -0.39 is 6.09 Å². The first kappa shape index (κ1) is 27.9. The summed E-state index contributed by atoms with van der Waals surface area (Å²) >= 11 is 0. The number of carbonyl (C=O) groups is 1. The summed E-state index contributed by atoms with van der Waals surface area (Å²) < 4.78 is 17.0. The van der Waals surface area contributed by atoms with Gasteiger partial charge in [0.1, 0.15) is 29.4 Å². The number of aryl methyl sites for hydroxylation is 2. The molecule has 0 bridgehead atoms. The normalized spacial score (nSPS) is 13.0. The Labute approximate surface area is 240 Å². The molecule has 0 spiro atoms. The molecule has 1 N–H and O–H groups in total. The topological polar surface area (TPSA) is 89.1 Å². The summed E-state index contributed by atoms with van der Waals surface area (Å²) in [5.41, 5.74) is 5.27. The number of aromatic nitrogens is 2. The fraction of sp³-hybridized carbons (Fsp3) is 0.281. The van der Waals surface area contributed by atoms with Crippen LogP contribution in [0.3, 0.4) is 0 Å². The molecule has 0 atom stereocenters. The maximum Gasteiger partial charge on any atom is 0.425 e. The van der Waals surface area contributed by atoms with Gasteiger partial charge in [-0.05, 0) is 54.8 Å². The number of hydrogen-bond acceptors (Lipinski definition) is 8. The molecule has 1 aliphatic heterocycles. The molecule has 9 nitrogen and oxygen atoms in total. The average molecular weight is 554 g/mol. The number of piperazine rings is 1. The van der Waals surface area contributed by atoms with Gasteiger partial charge >= 0.3 is 6.09 Å². The summed E-state index contributed by atoms with van der Waals surface area (Å²) in [4.78, 5) is 26.6. The van der Waals surface area contributed by atoms with Crippen molar-refractivity contribution < 1.29 is 19.0 Å². The van der Waals surface area contributed by atoms with Gasteiger partial charge in [-0.15, -0.1) is 0 Å². The highest BCUT2D eigenvalue weighted by atomic mass is 16.6. The van der Waals surface area contributed by atoms with Crippen LogP contribution in [-0.2, 0) is 6.42 Å². The van der Waals surface area contributed by atoms with Crippen LogP contribution < -0.4 is 29.3 Å². The van der Waals surface area contributed by atoms with E-state index in [4.69, 9.17) is 14.2 Å². The fourth-order valence-corrected chi connectivity index (χ4v) is 4.94. The van der Waals surface area contributed by atoms with Crippen molar-refractivity contribution in [3.63, 3.8) is 0 Å². The summed E-state index contributed by atoms with van der Waals surface area (Å²) in [5.74, 6) is 1.91. The van der Waals surface area contributed by atoms with Crippen molar-refractivity contribution in [1.29, 1.82) is 0 Å². The van der Waals surface area contributed by atoms with Gasteiger partial charge in [0.05, 0.1) is 25.6 Å². The van der Waals surface area contributed by atoms with E-state index in [1.165, 1.54) is 16.9 Å². The minimum absolute atomic E-state index is 0.368. The number of rotatable bonds is 8. The highest BCUT2D eigenvalue weighted by Crippen LogP contribution is 2.37. The minimum Gasteiger partial charge on any atom is -0.497 e. The molecule has 9 heteroatoms. The number of nitrogens with zero attached hydrogens (tertiary/aromatic N) is 4. The van der Waals surface area contributed by atoms with E-state index in [9.17, 15) is 4.79 Å². The molecule has 3 aromatic carbocycles. The quantitative estimate of drug-likeness (QED) is 0.308. The Bertz CT molecular complexity index is 1480. The third-order valence-corrected chi connectivity index (χ3v) is 7.15. The molecule has 1 fully saturated rings. The van der Waals surface area contributed by atoms with Crippen LogP contribution in [0.1, 0.15) is 22.4 Å². The molecular formula is C32H35N5O4. The highest BCUT2D eigenvalue weighted by Gasteiger charge is 2.27. The van der Waals surface area contributed by atoms with E-state index in [1.54, 1.807) is 38.5 Å². The van der Waals surface area contributed by atoms with E-state index in [2.05, 4.69) is 44.5 Å². The molecule has 0 radical (unpaired) electrons. The SMILES string of the molecule is COc1ccc(N(C(=O)Oc2c(C)cccc2C)c2cc(Cc3ccc(N4CCNCC4)cc3)ncn2)c(OC)c1. The molecule has 2 heterocycles. The Morgan fingerprint density at radius 3 is 2.34 bits per heavy atom. The van der Waals surface area contributed by atoms with Crippen molar-refractivity contribution in [2.45, 2.75) is 20.3 Å². The first-order chi connectivity index (χ1) is 20.0. The average Bonchev–Trinajstić information content (AvgIpc) is 3.00. The van der Waals surface area contributed by atoms with Crippen molar-refractivity contribution in [2.75, 3.05) is 50.2 Å². The summed E-state index contributed by atoms with van der Waals surface area (Å²) in [7, 11) is 3.12. The summed E-state index contributed by atoms with van der Waals surface area (Å²) in [5, 5.41) is 3.39. The molecule has 0 unspecified atom stereocenters. The number of amides is 1. The molecule has 1 aliphatic rings. The van der Waals surface area contributed by atoms with Gasteiger partial charge < -0.3 is 24.4 Å². The Morgan fingerprint density at radius 2 is 1.66 bits per heavy atom. The van der Waals surface area contributed by atoms with Gasteiger partial charge in [0.25, 0.3) is 0 Å². The second-order valence-corrected chi connectivity index (χ2v) is 9.91. The largest absolute Gasteiger partial charge is 0.497 e. The van der Waals surface area contributed by atoms with Crippen LogP contribution >= 0.6 is 0 Å². The molecule has 1 saturated heterocycles. The van der Waals surface area contributed by atoms with Gasteiger partial charge in [-0.2, -0.15) is 0 Å². The molecule has 0 saturated carbocycles. The molecule has 4 aromatic rings. The highest BCUT2D eigenvalue weighted by molar-refractivity contribution is 5.98. The Balaban J connectivity index is 1.46. The van der Waals surface area contributed by atoms with E-state index in [0.717, 1.165) is 48.6 Å². The van der Waals surface area contributed by atoms with Gasteiger partial charge in [0.2, 0.25) is 0 Å². The van der Waals surface area contributed by atoms with E-state index in [1.807, 2.05) is 32.0 Å². The molecule has 5 rings (SSSR count). The number of methoxy groups -OCH3 is 2. The number of para-hydroxylation sites is 1. The van der Waals surface area contributed by atoms with Crippen molar-refractivity contribution in [3.05, 3.63) is 95.4 Å². The van der Waals surface area contributed by atoms with Crippen LogP contribution in [-0.4, -0.2) is 56.5 Å². The third-order valence-electron chi connectivity index (χ3n) is 7.15. The van der Waals surface area contributed by atoms with Gasteiger partial charge in [-0.1, -0.05) is 30.3 Å². The van der Waals surface area contributed by atoms with Gasteiger partial charge in [-0.3, -0.25) is 0 Å². The predicted molar refractivity (Wildman–Crippen MR) is 160 cm³/mol. The zero-order valence-corrected chi connectivity index (χ0v) is 23.9. The second kappa shape index (κ2) is 12.7. The predicted octanol–water partition coefficient (Wildman–Crippen LogP) is 5.45. The van der Waals surface area contributed by atoms with E-state index in [-0.39, 0.29) is 0 Å². The van der Waals surface area contributed by atoms with Crippen molar-refractivity contribution in [2.24, 2.45) is 0 Å². The third kappa shape index (κ3) is 6.41. The van der Waals surface area contributed by atoms with Crippen molar-refractivity contribution in [1.82, 2.24) is 15.3 Å². The maximum absolute atomic E-state index is 13.8. The Morgan fingerprint density at radius 1 is 0.927 bits per heavy atom. The first-order valence-electron chi connectivity index (χ1n) is 13.6. The zero-order valence-electron chi connectivity index (χ0n) is 23.9. The lowest BCUT2D eigenvalue weighted by Crippen LogP contribution is -2.43. The summed E-state index contributed by atoms with van der Waals surface area (Å²) in [6.07, 6.45) is 1.43. The number of anilines is 3. The standard InChI is InChI=1S/C32H35N5O4/c1-22-6-5-7-23(2)31(22)41-32(38)37(28-13-12-27(39-3)20-29(28)40-4)30-19-25(34-21-35-30)18-24-8-10-26(11-9-24)36-16-14-33-15-17-36/h5-13,19-21,33H,14-18H2,1-4H3. The number of nitrogens with one attached hydrogen (secondary N) is 1. The van der Waals surface area contributed by atoms with Crippen molar-refractivity contribution >= 4 is 23.3 Å². The molecule has 0 aliphatic carbocycles. The van der Waals surface area contributed by atoms with Gasteiger partial charge in [0, 0.05) is 50.4 Å². The number of carbonyl (C=O) groups excluding carboxylic acids is 1. The first-order valence-corrected chi connectivity index (χ1v) is 13.6. The number of hydrogen-bond donors (Lipinski definition) is 1. The molecular weight excluding hydrogens is 518 g/mol. The fourth-order valence-electron chi connectivity index (χ4n) is 4.94. The number of ether oxygens (including phenoxy) is 3. The molecule has 212 valence electrons. The molecule has 1 amide bonds. The van der Waals surface area contributed by atoms with Gasteiger partial charge in [-0.25, -0.2) is 19.7 Å². The van der Waals surface area contributed by atoms with Crippen LogP contribution in [0.25, 0.3) is 0 Å². The van der Waals surface area contributed by atoms with Crippen LogP contribution in [0.15, 0.2) is 73.1 Å². The maximum atomic E-state index is 13.8. The van der Waals surface area contributed by atoms with Gasteiger partial charge in [0.15, 0.2) is 0 Å². The summed E-state index contributed by atoms with van der Waals surface area (Å²) in [6, 6.07) is 21.3. The monoisotopic (exact) mass is 553 g/mol. The van der Waals surface area contributed by atoms with Crippen LogP contribution in [0.4, 0.5) is 22.0 Å². The zero-order chi connectivity index (χ0) is 28.8. The lowest BCUT2D eigenvalue weighted by molar-refractivity contribution is 0.209. The minimum atomic E-state index is -0.615. The lowest BCUT2D eigenvalue weighted by Gasteiger charge is -2.29. The number of benzene rings is 3. The Kier molecular flexibility index (Phi) is 8.64. The van der Waals surface area contributed by atoms with E-state index in [0.29, 0.717) is 35.2 Å². The van der Waals surface area contributed by atoms with Crippen molar-refractivity contribution in [3.8, 4) is 17.2 Å². The second-order valence-electron chi connectivity index (χ2n) is 9.91. The Hall–Kier alpha value is -4.63. The van der Waals surface area contributed by atoms with Crippen LogP contribution in [0.2, 0.25) is 0 Å². The molecule has 1 aromatic heterocycles. The summed E-state index contributed by atoms with van der Waals surface area (Å²) in [6.45, 7) is 7.79. The molecule has 41 heavy (non-hydrogen) atoms.